The summed E-state index contributed by atoms with van der Waals surface area (Å²) in [6, 6.07) is 9.10. The van der Waals surface area contributed by atoms with Crippen LogP contribution >= 0.6 is 11.6 Å². The molecule has 0 amide bonds. The van der Waals surface area contributed by atoms with E-state index in [-0.39, 0.29) is 22.3 Å². The molecule has 2 aromatic rings. The first kappa shape index (κ1) is 19.3. The SMILES string of the molecule is CC(C)(C)c1cc(C(C)(C)C)c(C=Nc2ccc(Cl)cc2)c(O)c1O. The Morgan fingerprint density at radius 1 is 0.840 bits per heavy atom. The lowest BCUT2D eigenvalue weighted by molar-refractivity contribution is 0.386. The Kier molecular flexibility index (Phi) is 5.19. The Balaban J connectivity index is 2.64. The van der Waals surface area contributed by atoms with Crippen LogP contribution < -0.4 is 0 Å². The van der Waals surface area contributed by atoms with Gasteiger partial charge in [-0.05, 0) is 40.7 Å². The van der Waals surface area contributed by atoms with Gasteiger partial charge in [0.25, 0.3) is 0 Å². The van der Waals surface area contributed by atoms with Crippen LogP contribution in [-0.4, -0.2) is 16.4 Å². The Hall–Kier alpha value is -2.00. The highest BCUT2D eigenvalue weighted by Crippen LogP contribution is 2.43. The molecular weight excluding hydrogens is 334 g/mol. The molecule has 25 heavy (non-hydrogen) atoms. The molecule has 0 atom stereocenters. The molecule has 0 saturated carbocycles. The van der Waals surface area contributed by atoms with Crippen molar-refractivity contribution in [3.8, 4) is 11.5 Å². The monoisotopic (exact) mass is 359 g/mol. The molecule has 2 N–H and O–H groups in total. The van der Waals surface area contributed by atoms with Crippen LogP contribution in [0, 0.1) is 0 Å². The van der Waals surface area contributed by atoms with Gasteiger partial charge in [0.2, 0.25) is 0 Å². The number of aromatic hydroxyl groups is 2. The molecule has 3 nitrogen and oxygen atoms in total. The normalized spacial score (nSPS) is 12.8. The van der Waals surface area contributed by atoms with E-state index in [1.54, 1.807) is 30.5 Å². The lowest BCUT2D eigenvalue weighted by atomic mass is 9.77. The smallest absolute Gasteiger partial charge is 0.167 e. The average molecular weight is 360 g/mol. The van der Waals surface area contributed by atoms with Crippen LogP contribution in [0.4, 0.5) is 5.69 Å². The summed E-state index contributed by atoms with van der Waals surface area (Å²) in [4.78, 5) is 4.43. The van der Waals surface area contributed by atoms with Crippen molar-refractivity contribution >= 4 is 23.5 Å². The van der Waals surface area contributed by atoms with E-state index in [9.17, 15) is 10.2 Å². The fraction of sp³-hybridized carbons (Fsp3) is 0.381. The lowest BCUT2D eigenvalue weighted by Crippen LogP contribution is -2.19. The number of benzene rings is 2. The highest BCUT2D eigenvalue weighted by atomic mass is 35.5. The van der Waals surface area contributed by atoms with Crippen LogP contribution in [0.5, 0.6) is 11.5 Å². The molecule has 0 aromatic heterocycles. The summed E-state index contributed by atoms with van der Waals surface area (Å²) in [5, 5.41) is 21.8. The first-order chi connectivity index (χ1) is 11.4. The van der Waals surface area contributed by atoms with Gasteiger partial charge in [-0.3, -0.25) is 4.99 Å². The summed E-state index contributed by atoms with van der Waals surface area (Å²) in [5.41, 5.74) is 2.42. The average Bonchev–Trinajstić information content (AvgIpc) is 2.47. The van der Waals surface area contributed by atoms with E-state index < -0.39 is 0 Å². The molecule has 0 heterocycles. The van der Waals surface area contributed by atoms with Crippen LogP contribution in [0.15, 0.2) is 35.3 Å². The van der Waals surface area contributed by atoms with E-state index in [0.29, 0.717) is 10.6 Å². The number of hydrogen-bond acceptors (Lipinski definition) is 3. The number of hydrogen-bond donors (Lipinski definition) is 2. The summed E-state index contributed by atoms with van der Waals surface area (Å²) in [6.07, 6.45) is 1.60. The number of phenolic OH excluding ortho intramolecular Hbond substituents is 2. The summed E-state index contributed by atoms with van der Waals surface area (Å²) in [6.45, 7) is 12.3. The fourth-order valence-electron chi connectivity index (χ4n) is 2.66. The van der Waals surface area contributed by atoms with Crippen molar-refractivity contribution in [1.29, 1.82) is 0 Å². The predicted octanol–water partition coefficient (Wildman–Crippen LogP) is 6.10. The Bertz CT molecular complexity index is 795. The van der Waals surface area contributed by atoms with Crippen LogP contribution in [0.2, 0.25) is 5.02 Å². The molecule has 0 fully saturated rings. The van der Waals surface area contributed by atoms with Gasteiger partial charge in [-0.15, -0.1) is 0 Å². The van der Waals surface area contributed by atoms with Crippen molar-refractivity contribution in [2.45, 2.75) is 52.4 Å². The molecular formula is C21H26ClNO2. The zero-order chi connectivity index (χ0) is 19.0. The third-order valence-electron chi connectivity index (χ3n) is 4.10. The minimum absolute atomic E-state index is 0.0851. The van der Waals surface area contributed by atoms with Crippen molar-refractivity contribution in [3.63, 3.8) is 0 Å². The van der Waals surface area contributed by atoms with Crippen LogP contribution in [0.25, 0.3) is 0 Å². The third-order valence-corrected chi connectivity index (χ3v) is 4.35. The zero-order valence-corrected chi connectivity index (χ0v) is 16.4. The zero-order valence-electron chi connectivity index (χ0n) is 15.7. The first-order valence-corrected chi connectivity index (χ1v) is 8.68. The molecule has 4 heteroatoms. The molecule has 0 aliphatic rings. The summed E-state index contributed by atoms with van der Waals surface area (Å²) in [5.74, 6) is -0.215. The second-order valence-corrected chi connectivity index (χ2v) is 8.75. The van der Waals surface area contributed by atoms with E-state index >= 15 is 0 Å². The molecule has 2 rings (SSSR count). The maximum Gasteiger partial charge on any atom is 0.167 e. The Morgan fingerprint density at radius 3 is 1.84 bits per heavy atom. The van der Waals surface area contributed by atoms with Gasteiger partial charge in [0.1, 0.15) is 0 Å². The second kappa shape index (κ2) is 6.72. The van der Waals surface area contributed by atoms with Crippen molar-refractivity contribution < 1.29 is 10.2 Å². The van der Waals surface area contributed by atoms with Crippen LogP contribution in [0.1, 0.15) is 58.2 Å². The van der Waals surface area contributed by atoms with Crippen molar-refractivity contribution in [3.05, 3.63) is 52.0 Å². The van der Waals surface area contributed by atoms with Crippen LogP contribution in [0.3, 0.4) is 0 Å². The number of aliphatic imine (C=N–C) groups is 1. The van der Waals surface area contributed by atoms with Crippen molar-refractivity contribution in [1.82, 2.24) is 0 Å². The van der Waals surface area contributed by atoms with E-state index in [4.69, 9.17) is 11.6 Å². The quantitative estimate of drug-likeness (QED) is 0.503. The molecule has 0 aliphatic heterocycles. The van der Waals surface area contributed by atoms with E-state index in [2.05, 4.69) is 25.8 Å². The lowest BCUT2D eigenvalue weighted by Gasteiger charge is -2.28. The molecule has 0 bridgehead atoms. The highest BCUT2D eigenvalue weighted by Gasteiger charge is 2.28. The van der Waals surface area contributed by atoms with Gasteiger partial charge in [-0.2, -0.15) is 0 Å². The third kappa shape index (κ3) is 4.35. The summed E-state index contributed by atoms with van der Waals surface area (Å²) in [7, 11) is 0. The van der Waals surface area contributed by atoms with Gasteiger partial charge in [0.15, 0.2) is 11.5 Å². The van der Waals surface area contributed by atoms with Gasteiger partial charge in [0.05, 0.1) is 5.69 Å². The highest BCUT2D eigenvalue weighted by molar-refractivity contribution is 6.30. The molecule has 2 aromatic carbocycles. The predicted molar refractivity (Wildman–Crippen MR) is 106 cm³/mol. The second-order valence-electron chi connectivity index (χ2n) is 8.32. The van der Waals surface area contributed by atoms with Crippen molar-refractivity contribution in [2.75, 3.05) is 0 Å². The van der Waals surface area contributed by atoms with Gasteiger partial charge in [0, 0.05) is 22.4 Å². The van der Waals surface area contributed by atoms with Gasteiger partial charge in [-0.1, -0.05) is 59.2 Å². The number of nitrogens with zero attached hydrogens (tertiary/aromatic N) is 1. The Morgan fingerprint density at radius 2 is 1.36 bits per heavy atom. The van der Waals surface area contributed by atoms with Gasteiger partial charge in [-0.25, -0.2) is 0 Å². The van der Waals surface area contributed by atoms with E-state index in [0.717, 1.165) is 16.8 Å². The van der Waals surface area contributed by atoms with Crippen LogP contribution in [-0.2, 0) is 10.8 Å². The first-order valence-electron chi connectivity index (χ1n) is 8.31. The van der Waals surface area contributed by atoms with E-state index in [1.807, 2.05) is 26.8 Å². The van der Waals surface area contributed by atoms with Crippen molar-refractivity contribution in [2.24, 2.45) is 4.99 Å². The summed E-state index contributed by atoms with van der Waals surface area (Å²) < 4.78 is 0. The van der Waals surface area contributed by atoms with E-state index in [1.165, 1.54) is 0 Å². The minimum atomic E-state index is -0.284. The van der Waals surface area contributed by atoms with Gasteiger partial charge < -0.3 is 10.2 Å². The molecule has 0 saturated heterocycles. The molecule has 0 aliphatic carbocycles. The standard InChI is InChI=1S/C21H26ClNO2/c1-20(2,3)16-11-17(21(4,5)6)19(25)18(24)15(16)12-23-14-9-7-13(22)8-10-14/h7-12,24-25H,1-6H3. The maximum absolute atomic E-state index is 10.6. The molecule has 0 spiro atoms. The topological polar surface area (TPSA) is 52.8 Å². The minimum Gasteiger partial charge on any atom is -0.504 e. The Labute approximate surface area is 155 Å². The largest absolute Gasteiger partial charge is 0.504 e. The van der Waals surface area contributed by atoms with Gasteiger partial charge >= 0.3 is 0 Å². The maximum atomic E-state index is 10.6. The summed E-state index contributed by atoms with van der Waals surface area (Å²) >= 11 is 5.90. The number of phenols is 2. The fourth-order valence-corrected chi connectivity index (χ4v) is 2.79. The molecule has 134 valence electrons. The number of halogens is 1. The number of rotatable bonds is 2. The molecule has 0 unspecified atom stereocenters. The molecule has 0 radical (unpaired) electrons.